The molecular formula is C40H30N2O2S. The minimum Gasteiger partial charge on any atom is -0.295 e. The summed E-state index contributed by atoms with van der Waals surface area (Å²) in [6, 6.07) is 35.0. The number of pyridine rings is 1. The Kier molecular flexibility index (Phi) is 6.06. The molecule has 0 saturated carbocycles. The van der Waals surface area contributed by atoms with Crippen molar-refractivity contribution in [1.82, 2.24) is 4.98 Å². The van der Waals surface area contributed by atoms with E-state index in [1.165, 1.54) is 11.1 Å². The van der Waals surface area contributed by atoms with E-state index in [0.717, 1.165) is 54.5 Å². The zero-order valence-electron chi connectivity index (χ0n) is 25.5. The normalized spacial score (nSPS) is 14.4. The Labute approximate surface area is 266 Å². The average molecular weight is 603 g/mol. The first kappa shape index (κ1) is 27.4. The number of thiophene rings is 1. The SMILES string of the molecule is Cc1ccc(N(c2ccc(C)cc2)c2ccc3c(n2)C(C)(C)c2cc(C=C4C(=O)c5cc6ccccc6cc5C4=O)sc2-3)cc1. The highest BCUT2D eigenvalue weighted by atomic mass is 32.1. The van der Waals surface area contributed by atoms with Crippen LogP contribution in [-0.4, -0.2) is 16.6 Å². The molecular weight excluding hydrogens is 573 g/mol. The molecule has 6 aromatic rings. The molecule has 2 aliphatic rings. The first-order valence-electron chi connectivity index (χ1n) is 15.1. The molecule has 0 N–H and O–H groups in total. The molecule has 0 aliphatic heterocycles. The maximum atomic E-state index is 13.4. The number of nitrogens with zero attached hydrogens (tertiary/aromatic N) is 2. The second kappa shape index (κ2) is 9.94. The quantitative estimate of drug-likeness (QED) is 0.149. The van der Waals surface area contributed by atoms with Crippen LogP contribution in [0.5, 0.6) is 0 Å². The first-order chi connectivity index (χ1) is 21.7. The minimum atomic E-state index is -0.357. The standard InChI is InChI=1S/C40H30N2O2S/c1-23-9-13-27(14-10-23)42(28-15-11-24(2)12-16-28)35-18-17-30-38-34(40(3,4)39(30)41-35)22-29(45-38)21-33-36(43)31-19-25-7-5-6-8-26(25)20-32(31)37(33)44/h5-22H,1-4H3. The van der Waals surface area contributed by atoms with Crippen LogP contribution in [0.1, 0.15) is 61.8 Å². The lowest BCUT2D eigenvalue weighted by Crippen LogP contribution is -2.19. The van der Waals surface area contributed by atoms with Crippen LogP contribution in [0, 0.1) is 13.8 Å². The summed E-state index contributed by atoms with van der Waals surface area (Å²) in [5, 5.41) is 1.92. The van der Waals surface area contributed by atoms with Crippen molar-refractivity contribution in [2.24, 2.45) is 0 Å². The number of rotatable bonds is 4. The highest BCUT2D eigenvalue weighted by molar-refractivity contribution is 7.16. The van der Waals surface area contributed by atoms with E-state index in [4.69, 9.17) is 4.98 Å². The number of carbonyl (C=O) groups is 2. The largest absolute Gasteiger partial charge is 0.295 e. The van der Waals surface area contributed by atoms with Crippen LogP contribution in [0.2, 0.25) is 0 Å². The maximum absolute atomic E-state index is 13.4. The summed E-state index contributed by atoms with van der Waals surface area (Å²) in [7, 11) is 0. The molecule has 0 radical (unpaired) electrons. The molecule has 45 heavy (non-hydrogen) atoms. The first-order valence-corrected chi connectivity index (χ1v) is 15.9. The van der Waals surface area contributed by atoms with Crippen molar-refractivity contribution in [2.75, 3.05) is 4.90 Å². The third-order valence-corrected chi connectivity index (χ3v) is 10.2. The van der Waals surface area contributed by atoms with Gasteiger partial charge in [0.15, 0.2) is 11.6 Å². The Morgan fingerprint density at radius 1 is 0.689 bits per heavy atom. The van der Waals surface area contributed by atoms with Crippen LogP contribution in [0.25, 0.3) is 27.3 Å². The molecule has 0 unspecified atom stereocenters. The Morgan fingerprint density at radius 3 is 1.80 bits per heavy atom. The maximum Gasteiger partial charge on any atom is 0.197 e. The molecule has 2 aromatic heterocycles. The molecule has 8 rings (SSSR count). The summed E-state index contributed by atoms with van der Waals surface area (Å²) in [5.74, 6) is 0.458. The lowest BCUT2D eigenvalue weighted by Gasteiger charge is -2.27. The zero-order valence-corrected chi connectivity index (χ0v) is 26.3. The van der Waals surface area contributed by atoms with Gasteiger partial charge in [-0.1, -0.05) is 73.5 Å². The van der Waals surface area contributed by atoms with Crippen molar-refractivity contribution >= 4 is 56.9 Å². The van der Waals surface area contributed by atoms with Gasteiger partial charge in [0, 0.05) is 43.2 Å². The van der Waals surface area contributed by atoms with Crippen LogP contribution in [-0.2, 0) is 5.41 Å². The van der Waals surface area contributed by atoms with E-state index in [1.807, 2.05) is 36.4 Å². The topological polar surface area (TPSA) is 50.3 Å². The summed E-state index contributed by atoms with van der Waals surface area (Å²) in [5.41, 5.74) is 8.66. The molecule has 2 heterocycles. The number of hydrogen-bond acceptors (Lipinski definition) is 5. The van der Waals surface area contributed by atoms with Gasteiger partial charge in [0.25, 0.3) is 0 Å². The van der Waals surface area contributed by atoms with Crippen molar-refractivity contribution < 1.29 is 9.59 Å². The van der Waals surface area contributed by atoms with Gasteiger partial charge in [-0.05, 0) is 90.9 Å². The average Bonchev–Trinajstić information content (AvgIpc) is 3.63. The Morgan fingerprint density at radius 2 is 1.24 bits per heavy atom. The summed E-state index contributed by atoms with van der Waals surface area (Å²) in [6.45, 7) is 8.59. The zero-order chi connectivity index (χ0) is 31.0. The van der Waals surface area contributed by atoms with E-state index in [1.54, 1.807) is 17.4 Å². The number of fused-ring (bicyclic) bond motifs is 5. The molecule has 2 aliphatic carbocycles. The third kappa shape index (κ3) is 4.30. The number of Topliss-reactive ketones (excluding diaryl/α,β-unsaturated/α-hetero) is 2. The summed E-state index contributed by atoms with van der Waals surface area (Å²) < 4.78 is 0. The fraction of sp³-hybridized carbons (Fsp3) is 0.125. The van der Waals surface area contributed by atoms with Gasteiger partial charge in [0.05, 0.1) is 11.3 Å². The van der Waals surface area contributed by atoms with Crippen molar-refractivity contribution in [3.05, 3.63) is 147 Å². The number of ketones is 2. The van der Waals surface area contributed by atoms with Gasteiger partial charge in [0.1, 0.15) is 5.82 Å². The second-order valence-electron chi connectivity index (χ2n) is 12.5. The number of anilines is 3. The molecule has 218 valence electrons. The predicted molar refractivity (Wildman–Crippen MR) is 184 cm³/mol. The predicted octanol–water partition coefficient (Wildman–Crippen LogP) is 10.2. The number of hydrogen-bond donors (Lipinski definition) is 0. The van der Waals surface area contributed by atoms with Crippen LogP contribution in [0.4, 0.5) is 17.2 Å². The van der Waals surface area contributed by atoms with Crippen molar-refractivity contribution in [1.29, 1.82) is 0 Å². The van der Waals surface area contributed by atoms with Crippen LogP contribution in [0.3, 0.4) is 0 Å². The van der Waals surface area contributed by atoms with Crippen molar-refractivity contribution in [2.45, 2.75) is 33.1 Å². The van der Waals surface area contributed by atoms with E-state index in [9.17, 15) is 9.59 Å². The van der Waals surface area contributed by atoms with Gasteiger partial charge in [-0.2, -0.15) is 0 Å². The number of aryl methyl sites for hydroxylation is 2. The highest BCUT2D eigenvalue weighted by Crippen LogP contribution is 2.53. The molecule has 4 aromatic carbocycles. The van der Waals surface area contributed by atoms with Crippen molar-refractivity contribution in [3.8, 4) is 10.4 Å². The Balaban J connectivity index is 1.18. The van der Waals surface area contributed by atoms with E-state index in [2.05, 4.69) is 99.3 Å². The Hall–Kier alpha value is -5.13. The highest BCUT2D eigenvalue weighted by Gasteiger charge is 2.40. The van der Waals surface area contributed by atoms with Gasteiger partial charge >= 0.3 is 0 Å². The molecule has 4 nitrogen and oxygen atoms in total. The fourth-order valence-corrected chi connectivity index (χ4v) is 7.88. The molecule has 0 atom stereocenters. The number of benzene rings is 4. The number of carbonyl (C=O) groups excluding carboxylic acids is 2. The van der Waals surface area contributed by atoms with Gasteiger partial charge in [-0.15, -0.1) is 11.3 Å². The monoisotopic (exact) mass is 602 g/mol. The van der Waals surface area contributed by atoms with Gasteiger partial charge in [0.2, 0.25) is 0 Å². The minimum absolute atomic E-state index is 0.201. The molecule has 0 spiro atoms. The van der Waals surface area contributed by atoms with Crippen LogP contribution >= 0.6 is 11.3 Å². The molecule has 0 bridgehead atoms. The molecule has 5 heteroatoms. The fourth-order valence-electron chi connectivity index (χ4n) is 6.59. The summed E-state index contributed by atoms with van der Waals surface area (Å²) in [6.07, 6.45) is 1.78. The van der Waals surface area contributed by atoms with E-state index in [-0.39, 0.29) is 22.6 Å². The van der Waals surface area contributed by atoms with Gasteiger partial charge in [-0.25, -0.2) is 4.98 Å². The van der Waals surface area contributed by atoms with E-state index >= 15 is 0 Å². The number of allylic oxidation sites excluding steroid dienone is 1. The van der Waals surface area contributed by atoms with Crippen LogP contribution < -0.4 is 4.90 Å². The van der Waals surface area contributed by atoms with E-state index < -0.39 is 0 Å². The lowest BCUT2D eigenvalue weighted by atomic mass is 9.86. The molecule has 0 saturated heterocycles. The van der Waals surface area contributed by atoms with Crippen molar-refractivity contribution in [3.63, 3.8) is 0 Å². The second-order valence-corrected chi connectivity index (χ2v) is 13.6. The Bertz CT molecular complexity index is 2140. The lowest BCUT2D eigenvalue weighted by molar-refractivity contribution is 0.0990. The summed E-state index contributed by atoms with van der Waals surface area (Å²) >= 11 is 1.62. The molecule has 0 fully saturated rings. The van der Waals surface area contributed by atoms with Gasteiger partial charge < -0.3 is 0 Å². The van der Waals surface area contributed by atoms with E-state index in [0.29, 0.717) is 11.1 Å². The molecule has 0 amide bonds. The smallest absolute Gasteiger partial charge is 0.197 e. The number of aromatic nitrogens is 1. The van der Waals surface area contributed by atoms with Gasteiger partial charge in [-0.3, -0.25) is 14.5 Å². The third-order valence-electron chi connectivity index (χ3n) is 9.11. The van der Waals surface area contributed by atoms with Crippen LogP contribution in [0.15, 0.2) is 109 Å². The summed E-state index contributed by atoms with van der Waals surface area (Å²) in [4.78, 5) is 36.4.